The number of hydrogen-bond donors (Lipinski definition) is 1. The smallest absolute Gasteiger partial charge is 0.330 e. The molecule has 0 heterocycles. The molecule has 1 radical (unpaired) electrons. The molecule has 0 aliphatic heterocycles. The van der Waals surface area contributed by atoms with Crippen LogP contribution < -0.4 is 5.46 Å². The molecule has 193 valence electrons. The fourth-order valence-corrected chi connectivity index (χ4v) is 4.41. The lowest BCUT2D eigenvalue weighted by Gasteiger charge is -2.37. The fraction of sp³-hybridized carbons (Fsp3) is 0.167. The maximum atomic E-state index is 10.6. The van der Waals surface area contributed by atoms with Gasteiger partial charge in [-0.2, -0.15) is 0 Å². The van der Waals surface area contributed by atoms with Crippen LogP contribution in [0.15, 0.2) is 127 Å². The minimum atomic E-state index is -0.999. The summed E-state index contributed by atoms with van der Waals surface area (Å²) in [7, 11) is 1.77. The van der Waals surface area contributed by atoms with E-state index < -0.39 is 11.2 Å². The van der Waals surface area contributed by atoms with Crippen molar-refractivity contribution in [3.05, 3.63) is 127 Å². The van der Waals surface area contributed by atoms with E-state index in [0.717, 1.165) is 27.7 Å². The van der Waals surface area contributed by atoms with Gasteiger partial charge in [0.25, 0.3) is 0 Å². The summed E-state index contributed by atoms with van der Waals surface area (Å²) in [6.07, 6.45) is 0. The van der Waals surface area contributed by atoms with Crippen LogP contribution in [-0.4, -0.2) is 23.8 Å². The molecule has 0 atom stereocenters. The van der Waals surface area contributed by atoms with E-state index in [1.54, 1.807) is 21.3 Å². The molecule has 1 N–H and O–H groups in total. The second-order valence-corrected chi connectivity index (χ2v) is 11.0. The van der Waals surface area contributed by atoms with E-state index in [1.165, 1.54) is 22.3 Å². The van der Waals surface area contributed by atoms with Crippen molar-refractivity contribution in [1.29, 1.82) is 0 Å². The van der Waals surface area contributed by atoms with Gasteiger partial charge in [-0.05, 0) is 84.3 Å². The van der Waals surface area contributed by atoms with Crippen molar-refractivity contribution in [1.82, 2.24) is 0 Å². The van der Waals surface area contributed by atoms with Gasteiger partial charge in [-0.3, -0.25) is 0 Å². The standard InChI is InChI=1S/C36H34BO2/c1-35(2,38)36(3,4)39-37-34-24-32(29-20-18-28(19-21-29)26-12-7-5-8-13-26)23-33(25-34)31-17-11-16-30(22-31)27-14-9-6-10-15-27/h5-25,38H,1-4H3. The van der Waals surface area contributed by atoms with E-state index in [9.17, 15) is 5.11 Å². The van der Waals surface area contributed by atoms with Gasteiger partial charge >= 0.3 is 7.48 Å². The van der Waals surface area contributed by atoms with Gasteiger partial charge in [-0.25, -0.2) is 0 Å². The first kappa shape index (κ1) is 26.7. The van der Waals surface area contributed by atoms with Crippen molar-refractivity contribution in [2.45, 2.75) is 38.9 Å². The second-order valence-electron chi connectivity index (χ2n) is 11.0. The largest absolute Gasteiger partial charge is 0.427 e. The Morgan fingerprint density at radius 1 is 0.462 bits per heavy atom. The van der Waals surface area contributed by atoms with E-state index in [4.69, 9.17) is 4.65 Å². The van der Waals surface area contributed by atoms with Crippen molar-refractivity contribution in [3.63, 3.8) is 0 Å². The summed E-state index contributed by atoms with van der Waals surface area (Å²) < 4.78 is 6.16. The molecule has 5 aromatic carbocycles. The van der Waals surface area contributed by atoms with Crippen LogP contribution in [0.5, 0.6) is 0 Å². The molecule has 0 aliphatic carbocycles. The lowest BCUT2D eigenvalue weighted by atomic mass is 9.80. The minimum absolute atomic E-state index is 0.756. The first-order valence-corrected chi connectivity index (χ1v) is 13.4. The summed E-state index contributed by atoms with van der Waals surface area (Å²) in [6, 6.07) is 44.7. The highest BCUT2D eigenvalue weighted by Gasteiger charge is 2.35. The molecule has 0 aromatic heterocycles. The molecule has 0 bridgehead atoms. The molecule has 2 nitrogen and oxygen atoms in total. The quantitative estimate of drug-likeness (QED) is 0.214. The van der Waals surface area contributed by atoms with Crippen LogP contribution in [0.3, 0.4) is 0 Å². The minimum Gasteiger partial charge on any atom is -0.427 e. The zero-order valence-corrected chi connectivity index (χ0v) is 23.1. The molecule has 39 heavy (non-hydrogen) atoms. The normalized spacial score (nSPS) is 11.8. The van der Waals surface area contributed by atoms with Gasteiger partial charge in [0.15, 0.2) is 0 Å². The van der Waals surface area contributed by atoms with Gasteiger partial charge in [-0.1, -0.05) is 121 Å². The van der Waals surface area contributed by atoms with Crippen LogP contribution in [0.4, 0.5) is 0 Å². The van der Waals surface area contributed by atoms with E-state index in [1.807, 2.05) is 26.0 Å². The lowest BCUT2D eigenvalue weighted by molar-refractivity contribution is -0.0893. The number of benzene rings is 5. The summed E-state index contributed by atoms with van der Waals surface area (Å²) in [6.45, 7) is 7.35. The number of rotatable bonds is 8. The SMILES string of the molecule is CC(C)(O)C(C)(C)O[B]c1cc(-c2ccc(-c3ccccc3)cc2)cc(-c2cccc(-c3ccccc3)c2)c1. The highest BCUT2D eigenvalue weighted by molar-refractivity contribution is 6.47. The van der Waals surface area contributed by atoms with E-state index in [2.05, 4.69) is 115 Å². The highest BCUT2D eigenvalue weighted by Crippen LogP contribution is 2.31. The topological polar surface area (TPSA) is 29.5 Å². The maximum Gasteiger partial charge on any atom is 0.330 e. The number of aliphatic hydroxyl groups is 1. The summed E-state index contributed by atoms with van der Waals surface area (Å²) >= 11 is 0. The van der Waals surface area contributed by atoms with Gasteiger partial charge in [0.05, 0.1) is 11.2 Å². The van der Waals surface area contributed by atoms with Crippen molar-refractivity contribution in [2.24, 2.45) is 0 Å². The van der Waals surface area contributed by atoms with E-state index in [-0.39, 0.29) is 0 Å². The summed E-state index contributed by atoms with van der Waals surface area (Å²) in [5, 5.41) is 10.6. The fourth-order valence-electron chi connectivity index (χ4n) is 4.41. The van der Waals surface area contributed by atoms with Gasteiger partial charge in [0.1, 0.15) is 0 Å². The predicted octanol–water partition coefficient (Wildman–Crippen LogP) is 8.17. The Morgan fingerprint density at radius 3 is 1.38 bits per heavy atom. The van der Waals surface area contributed by atoms with E-state index >= 15 is 0 Å². The summed E-state index contributed by atoms with van der Waals surface area (Å²) in [4.78, 5) is 0. The van der Waals surface area contributed by atoms with Crippen molar-refractivity contribution < 1.29 is 9.76 Å². The molecule has 0 aliphatic rings. The van der Waals surface area contributed by atoms with Gasteiger partial charge in [0.2, 0.25) is 0 Å². The Hall–Kier alpha value is -3.92. The third kappa shape index (κ3) is 6.22. The van der Waals surface area contributed by atoms with Crippen LogP contribution >= 0.6 is 0 Å². The molecular weight excluding hydrogens is 475 g/mol. The molecule has 3 heteroatoms. The Morgan fingerprint density at radius 2 is 0.846 bits per heavy atom. The maximum absolute atomic E-state index is 10.6. The molecule has 0 saturated carbocycles. The predicted molar refractivity (Wildman–Crippen MR) is 165 cm³/mol. The molecule has 0 saturated heterocycles. The van der Waals surface area contributed by atoms with Crippen molar-refractivity contribution in [3.8, 4) is 44.5 Å². The average molecular weight is 509 g/mol. The van der Waals surface area contributed by atoms with Crippen LogP contribution in [0.25, 0.3) is 44.5 Å². The third-order valence-electron chi connectivity index (χ3n) is 7.55. The summed E-state index contributed by atoms with van der Waals surface area (Å²) in [5.74, 6) is 0. The van der Waals surface area contributed by atoms with Crippen molar-refractivity contribution in [2.75, 3.05) is 0 Å². The Balaban J connectivity index is 1.54. The lowest BCUT2D eigenvalue weighted by Crippen LogP contribution is -2.49. The van der Waals surface area contributed by atoms with Crippen LogP contribution in [0.2, 0.25) is 0 Å². The van der Waals surface area contributed by atoms with Crippen LogP contribution in [-0.2, 0) is 4.65 Å². The van der Waals surface area contributed by atoms with Gasteiger partial charge < -0.3 is 9.76 Å². The Kier molecular flexibility index (Phi) is 7.57. The summed E-state index contributed by atoms with van der Waals surface area (Å²) in [5.41, 5.74) is 8.42. The average Bonchev–Trinajstić information content (AvgIpc) is 2.96. The second kappa shape index (κ2) is 11.1. The van der Waals surface area contributed by atoms with Crippen LogP contribution in [0.1, 0.15) is 27.7 Å². The first-order chi connectivity index (χ1) is 18.7. The molecular formula is C36H34BO2. The molecule has 5 rings (SSSR count). The Bertz CT molecular complexity index is 1530. The molecule has 0 fully saturated rings. The molecule has 0 amide bonds. The zero-order valence-electron chi connectivity index (χ0n) is 23.1. The van der Waals surface area contributed by atoms with Gasteiger partial charge in [0, 0.05) is 0 Å². The first-order valence-electron chi connectivity index (χ1n) is 13.4. The number of hydrogen-bond acceptors (Lipinski definition) is 2. The Labute approximate surface area is 233 Å². The molecule has 0 unspecified atom stereocenters. The third-order valence-corrected chi connectivity index (χ3v) is 7.55. The van der Waals surface area contributed by atoms with Crippen LogP contribution in [0, 0.1) is 0 Å². The van der Waals surface area contributed by atoms with Gasteiger partial charge in [-0.15, -0.1) is 0 Å². The monoisotopic (exact) mass is 509 g/mol. The zero-order chi connectivity index (χ0) is 27.5. The molecule has 0 spiro atoms. The highest BCUT2D eigenvalue weighted by atomic mass is 16.5. The molecule has 5 aromatic rings. The van der Waals surface area contributed by atoms with Crippen molar-refractivity contribution >= 4 is 12.9 Å². The van der Waals surface area contributed by atoms with E-state index in [0.29, 0.717) is 0 Å².